The fraction of sp³-hybridized carbons (Fsp3) is 1.00. The third-order valence-electron chi connectivity index (χ3n) is 1.49. The molecular formula is C6H5F9. The largest absolute Gasteiger partial charge is 0.422 e. The molecule has 0 fully saturated rings. The first-order valence-electron chi connectivity index (χ1n) is 3.47. The molecule has 3 unspecified atom stereocenters. The first-order chi connectivity index (χ1) is 6.55. The minimum atomic E-state index is -5.89. The van der Waals surface area contributed by atoms with Gasteiger partial charge in [-0.15, -0.1) is 0 Å². The molecule has 0 saturated heterocycles. The summed E-state index contributed by atoms with van der Waals surface area (Å²) in [7, 11) is 0. The number of hydrogen-bond acceptors (Lipinski definition) is 0. The molecule has 0 N–H and O–H groups in total. The molecule has 3 atom stereocenters. The Morgan fingerprint density at radius 1 is 0.800 bits per heavy atom. The van der Waals surface area contributed by atoms with E-state index in [1.807, 2.05) is 0 Å². The van der Waals surface area contributed by atoms with E-state index in [2.05, 4.69) is 0 Å². The van der Waals surface area contributed by atoms with Gasteiger partial charge in [-0.3, -0.25) is 0 Å². The SMILES string of the molecule is FCC(F)C(F)(F)C(F)C(F)C(F)(F)F. The summed E-state index contributed by atoms with van der Waals surface area (Å²) in [5.41, 5.74) is 0. The summed E-state index contributed by atoms with van der Waals surface area (Å²) in [5, 5.41) is 0. The second kappa shape index (κ2) is 4.48. The van der Waals surface area contributed by atoms with Crippen LogP contribution in [0.2, 0.25) is 0 Å². The fourth-order valence-electron chi connectivity index (χ4n) is 0.637. The smallest absolute Gasteiger partial charge is 0.248 e. The summed E-state index contributed by atoms with van der Waals surface area (Å²) >= 11 is 0. The molecule has 0 aliphatic carbocycles. The van der Waals surface area contributed by atoms with E-state index in [0.29, 0.717) is 0 Å². The van der Waals surface area contributed by atoms with Crippen molar-refractivity contribution >= 4 is 0 Å². The van der Waals surface area contributed by atoms with E-state index in [4.69, 9.17) is 0 Å². The topological polar surface area (TPSA) is 0 Å². The summed E-state index contributed by atoms with van der Waals surface area (Å²) in [6, 6.07) is 0. The van der Waals surface area contributed by atoms with Gasteiger partial charge in [-0.1, -0.05) is 0 Å². The van der Waals surface area contributed by atoms with E-state index in [9.17, 15) is 39.5 Å². The second-order valence-corrected chi connectivity index (χ2v) is 2.64. The van der Waals surface area contributed by atoms with Crippen LogP contribution < -0.4 is 0 Å². The van der Waals surface area contributed by atoms with Gasteiger partial charge >= 0.3 is 12.1 Å². The average Bonchev–Trinajstić information content (AvgIpc) is 2.12. The molecule has 0 aliphatic rings. The van der Waals surface area contributed by atoms with Gasteiger partial charge in [-0.2, -0.15) is 22.0 Å². The molecule has 15 heavy (non-hydrogen) atoms. The minimum absolute atomic E-state index is 2.40. The molecule has 0 spiro atoms. The summed E-state index contributed by atoms with van der Waals surface area (Å²) < 4.78 is 106. The molecule has 0 aromatic rings. The number of rotatable bonds is 4. The predicted molar refractivity (Wildman–Crippen MR) is 31.7 cm³/mol. The minimum Gasteiger partial charge on any atom is -0.248 e. The normalized spacial score (nSPS) is 19.8. The molecule has 0 amide bonds. The zero-order chi connectivity index (χ0) is 12.4. The van der Waals surface area contributed by atoms with Gasteiger partial charge in [0.2, 0.25) is 12.3 Å². The summed E-state index contributed by atoms with van der Waals surface area (Å²) in [5.74, 6) is -5.36. The van der Waals surface area contributed by atoms with Crippen LogP contribution in [-0.2, 0) is 0 Å². The van der Waals surface area contributed by atoms with Crippen LogP contribution in [0, 0.1) is 0 Å². The van der Waals surface area contributed by atoms with Crippen LogP contribution in [0.15, 0.2) is 0 Å². The van der Waals surface area contributed by atoms with Gasteiger partial charge in [0.25, 0.3) is 0 Å². The van der Waals surface area contributed by atoms with E-state index in [1.165, 1.54) is 0 Å². The standard InChI is InChI=1S/C6H5F9/c7-1-2(8)5(11,12)3(9)4(10)6(13,14)15/h2-4H,1H2. The van der Waals surface area contributed by atoms with Crippen molar-refractivity contribution in [1.82, 2.24) is 0 Å². The van der Waals surface area contributed by atoms with Gasteiger partial charge in [-0.05, 0) is 0 Å². The van der Waals surface area contributed by atoms with E-state index in [0.717, 1.165) is 0 Å². The van der Waals surface area contributed by atoms with Gasteiger partial charge in [0.1, 0.15) is 6.67 Å². The maximum absolute atomic E-state index is 12.3. The predicted octanol–water partition coefficient (Wildman–Crippen LogP) is 3.17. The highest BCUT2D eigenvalue weighted by Gasteiger charge is 2.59. The number of hydrogen-bond donors (Lipinski definition) is 0. The molecule has 0 bridgehead atoms. The Bertz CT molecular complexity index is 197. The van der Waals surface area contributed by atoms with Crippen LogP contribution in [0.25, 0.3) is 0 Å². The van der Waals surface area contributed by atoms with E-state index >= 15 is 0 Å². The van der Waals surface area contributed by atoms with Crippen LogP contribution in [-0.4, -0.2) is 37.3 Å². The van der Waals surface area contributed by atoms with Crippen LogP contribution >= 0.6 is 0 Å². The molecular weight excluding hydrogens is 243 g/mol. The van der Waals surface area contributed by atoms with E-state index < -0.39 is 37.3 Å². The van der Waals surface area contributed by atoms with Crippen LogP contribution in [0.1, 0.15) is 0 Å². The monoisotopic (exact) mass is 248 g/mol. The lowest BCUT2D eigenvalue weighted by atomic mass is 10.1. The molecule has 0 radical (unpaired) electrons. The fourth-order valence-corrected chi connectivity index (χ4v) is 0.637. The van der Waals surface area contributed by atoms with Crippen LogP contribution in [0.3, 0.4) is 0 Å². The van der Waals surface area contributed by atoms with Crippen molar-refractivity contribution < 1.29 is 39.5 Å². The molecule has 0 aromatic heterocycles. The lowest BCUT2D eigenvalue weighted by Crippen LogP contribution is -2.50. The quantitative estimate of drug-likeness (QED) is 0.670. The highest BCUT2D eigenvalue weighted by Crippen LogP contribution is 2.37. The Kier molecular flexibility index (Phi) is 4.29. The van der Waals surface area contributed by atoms with E-state index in [1.54, 1.807) is 0 Å². The average molecular weight is 248 g/mol. The Balaban J connectivity index is 4.76. The second-order valence-electron chi connectivity index (χ2n) is 2.64. The molecule has 0 saturated carbocycles. The first-order valence-corrected chi connectivity index (χ1v) is 3.47. The van der Waals surface area contributed by atoms with Crippen molar-refractivity contribution in [2.45, 2.75) is 30.6 Å². The summed E-state index contributed by atoms with van der Waals surface area (Å²) in [6.07, 6.45) is -18.7. The third-order valence-corrected chi connectivity index (χ3v) is 1.49. The zero-order valence-electron chi connectivity index (χ0n) is 6.84. The molecule has 0 aliphatic heterocycles. The Labute approximate surface area is 78.1 Å². The van der Waals surface area contributed by atoms with E-state index in [-0.39, 0.29) is 0 Å². The molecule has 9 heteroatoms. The van der Waals surface area contributed by atoms with Crippen LogP contribution in [0.4, 0.5) is 39.5 Å². The highest BCUT2D eigenvalue weighted by atomic mass is 19.4. The van der Waals surface area contributed by atoms with Gasteiger partial charge in [0.05, 0.1) is 0 Å². The Hall–Kier alpha value is -0.630. The third kappa shape index (κ3) is 3.16. The highest BCUT2D eigenvalue weighted by molar-refractivity contribution is 4.91. The summed E-state index contributed by atoms with van der Waals surface area (Å²) in [4.78, 5) is 0. The number of alkyl halides is 9. The Morgan fingerprint density at radius 3 is 1.47 bits per heavy atom. The van der Waals surface area contributed by atoms with Gasteiger partial charge in [0.15, 0.2) is 6.17 Å². The van der Waals surface area contributed by atoms with Crippen molar-refractivity contribution in [3.63, 3.8) is 0 Å². The lowest BCUT2D eigenvalue weighted by Gasteiger charge is -2.25. The maximum atomic E-state index is 12.3. The summed E-state index contributed by atoms with van der Waals surface area (Å²) in [6.45, 7) is -2.40. The van der Waals surface area contributed by atoms with Crippen molar-refractivity contribution in [3.05, 3.63) is 0 Å². The zero-order valence-corrected chi connectivity index (χ0v) is 6.84. The van der Waals surface area contributed by atoms with Gasteiger partial charge < -0.3 is 0 Å². The number of halogens is 9. The molecule has 0 aromatic carbocycles. The van der Waals surface area contributed by atoms with Crippen molar-refractivity contribution in [1.29, 1.82) is 0 Å². The van der Waals surface area contributed by atoms with Gasteiger partial charge in [0, 0.05) is 0 Å². The van der Waals surface area contributed by atoms with Crippen LogP contribution in [0.5, 0.6) is 0 Å². The molecule has 92 valence electrons. The van der Waals surface area contributed by atoms with Crippen molar-refractivity contribution in [3.8, 4) is 0 Å². The molecule has 0 nitrogen and oxygen atoms in total. The van der Waals surface area contributed by atoms with Crippen molar-refractivity contribution in [2.75, 3.05) is 6.67 Å². The molecule has 0 rings (SSSR count). The molecule has 0 heterocycles. The Morgan fingerprint density at radius 2 is 1.20 bits per heavy atom. The first kappa shape index (κ1) is 14.4. The van der Waals surface area contributed by atoms with Gasteiger partial charge in [-0.25, -0.2) is 17.6 Å². The maximum Gasteiger partial charge on any atom is 0.422 e. The van der Waals surface area contributed by atoms with Crippen molar-refractivity contribution in [2.24, 2.45) is 0 Å². The lowest BCUT2D eigenvalue weighted by molar-refractivity contribution is -0.237.